The van der Waals surface area contributed by atoms with Gasteiger partial charge in [0.15, 0.2) is 5.13 Å². The van der Waals surface area contributed by atoms with E-state index < -0.39 is 4.92 Å². The largest absolute Gasteiger partial charge is 0.345 e. The molecule has 2 aromatic carbocycles. The van der Waals surface area contributed by atoms with Crippen LogP contribution in [-0.2, 0) is 4.79 Å². The molecule has 1 fully saturated rings. The van der Waals surface area contributed by atoms with E-state index >= 15 is 0 Å². The molecule has 7 nitrogen and oxygen atoms in total. The summed E-state index contributed by atoms with van der Waals surface area (Å²) in [5.41, 5.74) is 1.69. The number of aromatic nitrogens is 1. The summed E-state index contributed by atoms with van der Waals surface area (Å²) in [4.78, 5) is 33.0. The van der Waals surface area contributed by atoms with Gasteiger partial charge in [0, 0.05) is 49.3 Å². The molecule has 0 aliphatic carbocycles. The molecule has 1 aliphatic rings. The van der Waals surface area contributed by atoms with Crippen molar-refractivity contribution in [2.45, 2.75) is 4.90 Å². The van der Waals surface area contributed by atoms with E-state index in [0.717, 1.165) is 23.7 Å². The standard InChI is InChI=1S/C21H20N4O3S2/c1-29-17-6-3-7-18-20(17)22-21(30-18)24-12-10-23(11-13-24)19(26)9-8-15-4-2-5-16(14-15)25(27)28/h2-9,14H,10-13H2,1H3/b9-8+. The van der Waals surface area contributed by atoms with Crippen molar-refractivity contribution >= 4 is 56.1 Å². The minimum Gasteiger partial charge on any atom is -0.345 e. The summed E-state index contributed by atoms with van der Waals surface area (Å²) in [7, 11) is 0. The molecule has 2 heterocycles. The highest BCUT2D eigenvalue weighted by molar-refractivity contribution is 7.98. The van der Waals surface area contributed by atoms with Crippen LogP contribution in [0.15, 0.2) is 53.4 Å². The zero-order chi connectivity index (χ0) is 21.1. The molecule has 30 heavy (non-hydrogen) atoms. The molecule has 0 bridgehead atoms. The van der Waals surface area contributed by atoms with Crippen LogP contribution in [0.4, 0.5) is 10.8 Å². The summed E-state index contributed by atoms with van der Waals surface area (Å²) in [6, 6.07) is 12.5. The summed E-state index contributed by atoms with van der Waals surface area (Å²) in [5, 5.41) is 11.9. The highest BCUT2D eigenvalue weighted by Crippen LogP contribution is 2.34. The van der Waals surface area contributed by atoms with Crippen molar-refractivity contribution < 1.29 is 9.72 Å². The predicted octanol–water partition coefficient (Wildman–Crippen LogP) is 4.29. The monoisotopic (exact) mass is 440 g/mol. The number of thioether (sulfide) groups is 1. The van der Waals surface area contributed by atoms with Gasteiger partial charge in [0.1, 0.15) is 0 Å². The number of rotatable bonds is 5. The molecule has 9 heteroatoms. The lowest BCUT2D eigenvalue weighted by Gasteiger charge is -2.34. The van der Waals surface area contributed by atoms with E-state index in [4.69, 9.17) is 4.98 Å². The number of carbonyl (C=O) groups excluding carboxylic acids is 1. The molecular weight excluding hydrogens is 420 g/mol. The molecule has 4 rings (SSSR count). The van der Waals surface area contributed by atoms with Gasteiger partial charge in [-0.1, -0.05) is 29.5 Å². The number of anilines is 1. The van der Waals surface area contributed by atoms with Gasteiger partial charge in [-0.3, -0.25) is 14.9 Å². The number of para-hydroxylation sites is 1. The topological polar surface area (TPSA) is 79.6 Å². The fourth-order valence-electron chi connectivity index (χ4n) is 3.34. The molecule has 0 unspecified atom stereocenters. The Labute approximate surface area is 182 Å². The fourth-order valence-corrected chi connectivity index (χ4v) is 5.02. The van der Waals surface area contributed by atoms with Crippen LogP contribution >= 0.6 is 23.1 Å². The Bertz CT molecular complexity index is 1120. The van der Waals surface area contributed by atoms with Crippen molar-refractivity contribution in [2.75, 3.05) is 37.3 Å². The van der Waals surface area contributed by atoms with Gasteiger partial charge in [-0.2, -0.15) is 0 Å². The first-order valence-electron chi connectivity index (χ1n) is 9.45. The second-order valence-corrected chi connectivity index (χ2v) is 8.66. The predicted molar refractivity (Wildman–Crippen MR) is 122 cm³/mol. The normalized spacial score (nSPS) is 14.6. The van der Waals surface area contributed by atoms with Gasteiger partial charge in [-0.05, 0) is 30.0 Å². The number of fused-ring (bicyclic) bond motifs is 1. The third kappa shape index (κ3) is 4.31. The van der Waals surface area contributed by atoms with Crippen LogP contribution in [0.5, 0.6) is 0 Å². The van der Waals surface area contributed by atoms with Crippen LogP contribution in [0.1, 0.15) is 5.56 Å². The molecule has 1 aliphatic heterocycles. The lowest BCUT2D eigenvalue weighted by Crippen LogP contribution is -2.48. The second kappa shape index (κ2) is 8.85. The minimum atomic E-state index is -0.442. The Kier molecular flexibility index (Phi) is 6.01. The average molecular weight is 441 g/mol. The number of benzene rings is 2. The number of nitro benzene ring substituents is 1. The molecule has 0 saturated carbocycles. The molecule has 1 aromatic heterocycles. The quantitative estimate of drug-likeness (QED) is 0.255. The maximum atomic E-state index is 12.5. The number of hydrogen-bond acceptors (Lipinski definition) is 7. The summed E-state index contributed by atoms with van der Waals surface area (Å²) in [6.07, 6.45) is 5.16. The fraction of sp³-hybridized carbons (Fsp3) is 0.238. The van der Waals surface area contributed by atoms with Gasteiger partial charge < -0.3 is 9.80 Å². The van der Waals surface area contributed by atoms with Crippen LogP contribution in [0.3, 0.4) is 0 Å². The van der Waals surface area contributed by atoms with Gasteiger partial charge in [0.2, 0.25) is 5.91 Å². The molecule has 1 saturated heterocycles. The van der Waals surface area contributed by atoms with Gasteiger partial charge in [-0.25, -0.2) is 4.98 Å². The summed E-state index contributed by atoms with van der Waals surface area (Å²) >= 11 is 3.38. The van der Waals surface area contributed by atoms with Gasteiger partial charge >= 0.3 is 0 Å². The number of carbonyl (C=O) groups is 1. The lowest BCUT2D eigenvalue weighted by atomic mass is 10.2. The molecule has 1 amide bonds. The molecule has 0 spiro atoms. The van der Waals surface area contributed by atoms with E-state index in [1.165, 1.54) is 27.8 Å². The third-order valence-corrected chi connectivity index (χ3v) is 6.80. The van der Waals surface area contributed by atoms with Crippen LogP contribution in [-0.4, -0.2) is 53.1 Å². The number of thiazole rings is 1. The zero-order valence-electron chi connectivity index (χ0n) is 16.4. The number of amides is 1. The van der Waals surface area contributed by atoms with Crippen molar-refractivity contribution in [3.63, 3.8) is 0 Å². The molecule has 3 aromatic rings. The number of hydrogen-bond donors (Lipinski definition) is 0. The van der Waals surface area contributed by atoms with E-state index in [1.807, 2.05) is 0 Å². The maximum Gasteiger partial charge on any atom is 0.270 e. The number of nitro groups is 1. The zero-order valence-corrected chi connectivity index (χ0v) is 18.0. The molecule has 0 atom stereocenters. The Morgan fingerprint density at radius 1 is 1.20 bits per heavy atom. The lowest BCUT2D eigenvalue weighted by molar-refractivity contribution is -0.384. The first-order valence-corrected chi connectivity index (χ1v) is 11.5. The van der Waals surface area contributed by atoms with E-state index in [9.17, 15) is 14.9 Å². The molecule has 0 radical (unpaired) electrons. The van der Waals surface area contributed by atoms with E-state index in [0.29, 0.717) is 18.7 Å². The van der Waals surface area contributed by atoms with Crippen LogP contribution in [0.2, 0.25) is 0 Å². The average Bonchev–Trinajstić information content (AvgIpc) is 3.22. The summed E-state index contributed by atoms with van der Waals surface area (Å²) < 4.78 is 1.18. The number of nitrogens with zero attached hydrogens (tertiary/aromatic N) is 4. The van der Waals surface area contributed by atoms with Crippen molar-refractivity contribution in [1.29, 1.82) is 0 Å². The molecular formula is C21H20N4O3S2. The van der Waals surface area contributed by atoms with E-state index in [1.54, 1.807) is 46.2 Å². The van der Waals surface area contributed by atoms with Crippen LogP contribution in [0, 0.1) is 10.1 Å². The van der Waals surface area contributed by atoms with Crippen molar-refractivity contribution in [1.82, 2.24) is 9.88 Å². The molecule has 154 valence electrons. The minimum absolute atomic E-state index is 0.0127. The summed E-state index contributed by atoms with van der Waals surface area (Å²) in [6.45, 7) is 2.68. The number of piperazine rings is 1. The third-order valence-electron chi connectivity index (χ3n) is 4.95. The smallest absolute Gasteiger partial charge is 0.270 e. The SMILES string of the molecule is CSc1cccc2sc(N3CCN(C(=O)/C=C/c4cccc([N+](=O)[O-])c4)CC3)nc12. The van der Waals surface area contributed by atoms with Crippen molar-refractivity contribution in [3.05, 3.63) is 64.2 Å². The Hall–Kier alpha value is -2.91. The van der Waals surface area contributed by atoms with Gasteiger partial charge in [0.25, 0.3) is 5.69 Å². The Morgan fingerprint density at radius 3 is 2.70 bits per heavy atom. The van der Waals surface area contributed by atoms with Crippen LogP contribution in [0.25, 0.3) is 16.3 Å². The second-order valence-electron chi connectivity index (χ2n) is 6.80. The first-order chi connectivity index (χ1) is 14.5. The van der Waals surface area contributed by atoms with Crippen LogP contribution < -0.4 is 4.90 Å². The van der Waals surface area contributed by atoms with E-state index in [2.05, 4.69) is 29.4 Å². The molecule has 0 N–H and O–H groups in total. The maximum absolute atomic E-state index is 12.5. The first kappa shape index (κ1) is 20.4. The number of non-ortho nitro benzene ring substituents is 1. The highest BCUT2D eigenvalue weighted by atomic mass is 32.2. The Balaban J connectivity index is 1.39. The Morgan fingerprint density at radius 2 is 1.97 bits per heavy atom. The summed E-state index contributed by atoms with van der Waals surface area (Å²) in [5.74, 6) is -0.0878. The highest BCUT2D eigenvalue weighted by Gasteiger charge is 2.22. The van der Waals surface area contributed by atoms with E-state index in [-0.39, 0.29) is 11.6 Å². The van der Waals surface area contributed by atoms with Crippen molar-refractivity contribution in [2.24, 2.45) is 0 Å². The van der Waals surface area contributed by atoms with Gasteiger partial charge in [0.05, 0.1) is 15.1 Å². The van der Waals surface area contributed by atoms with Gasteiger partial charge in [-0.15, -0.1) is 11.8 Å². The van der Waals surface area contributed by atoms with Crippen molar-refractivity contribution in [3.8, 4) is 0 Å².